The van der Waals surface area contributed by atoms with Crippen LogP contribution < -0.4 is 0 Å². The van der Waals surface area contributed by atoms with Gasteiger partial charge in [-0.1, -0.05) is 45.9 Å². The SMILES string of the molecule is CC1(C)CCC(C)(C)[C@H](OC(=O)[C@@H]2CCCN2C(=O)c2ccccc2)[C@H]1O. The third kappa shape index (κ3) is 3.88. The first-order valence-electron chi connectivity index (χ1n) is 9.88. The molecule has 5 heteroatoms. The summed E-state index contributed by atoms with van der Waals surface area (Å²) in [6, 6.07) is 8.45. The first-order chi connectivity index (χ1) is 12.6. The highest BCUT2D eigenvalue weighted by Gasteiger charge is 2.50. The Labute approximate surface area is 161 Å². The van der Waals surface area contributed by atoms with Crippen molar-refractivity contribution in [1.29, 1.82) is 0 Å². The quantitative estimate of drug-likeness (QED) is 0.825. The van der Waals surface area contributed by atoms with Crippen LogP contribution in [0.1, 0.15) is 63.7 Å². The lowest BCUT2D eigenvalue weighted by molar-refractivity contribution is -0.189. The van der Waals surface area contributed by atoms with Crippen molar-refractivity contribution in [3.8, 4) is 0 Å². The molecule has 1 heterocycles. The molecular formula is C22H31NO4. The van der Waals surface area contributed by atoms with Crippen molar-refractivity contribution in [3.05, 3.63) is 35.9 Å². The number of amides is 1. The first kappa shape index (κ1) is 19.9. The van der Waals surface area contributed by atoms with E-state index in [4.69, 9.17) is 4.74 Å². The maximum Gasteiger partial charge on any atom is 0.329 e. The van der Waals surface area contributed by atoms with Crippen LogP contribution in [0, 0.1) is 10.8 Å². The number of hydrogen-bond donors (Lipinski definition) is 1. The van der Waals surface area contributed by atoms with E-state index in [1.165, 1.54) is 0 Å². The molecule has 2 aliphatic rings. The third-order valence-corrected chi connectivity index (χ3v) is 6.32. The Kier molecular flexibility index (Phi) is 5.35. The van der Waals surface area contributed by atoms with E-state index < -0.39 is 24.2 Å². The number of benzene rings is 1. The lowest BCUT2D eigenvalue weighted by atomic mass is 9.63. The summed E-state index contributed by atoms with van der Waals surface area (Å²) >= 11 is 0. The van der Waals surface area contributed by atoms with E-state index in [2.05, 4.69) is 0 Å². The van der Waals surface area contributed by atoms with Gasteiger partial charge in [-0.15, -0.1) is 0 Å². The van der Waals surface area contributed by atoms with Crippen molar-refractivity contribution in [1.82, 2.24) is 4.90 Å². The summed E-state index contributed by atoms with van der Waals surface area (Å²) in [4.78, 5) is 27.4. The van der Waals surface area contributed by atoms with Gasteiger partial charge in [-0.2, -0.15) is 0 Å². The highest BCUT2D eigenvalue weighted by Crippen LogP contribution is 2.46. The Morgan fingerprint density at radius 2 is 1.70 bits per heavy atom. The third-order valence-electron chi connectivity index (χ3n) is 6.32. The summed E-state index contributed by atoms with van der Waals surface area (Å²) in [5.74, 6) is -0.537. The topological polar surface area (TPSA) is 66.8 Å². The average Bonchev–Trinajstić information content (AvgIpc) is 3.13. The van der Waals surface area contributed by atoms with Gasteiger partial charge in [-0.05, 0) is 43.2 Å². The first-order valence-corrected chi connectivity index (χ1v) is 9.88. The fourth-order valence-corrected chi connectivity index (χ4v) is 4.20. The van der Waals surface area contributed by atoms with Crippen LogP contribution in [0.5, 0.6) is 0 Å². The molecular weight excluding hydrogens is 342 g/mol. The molecule has 1 N–H and O–H groups in total. The van der Waals surface area contributed by atoms with Crippen LogP contribution in [0.15, 0.2) is 30.3 Å². The minimum atomic E-state index is -0.718. The molecule has 0 bridgehead atoms. The molecule has 148 valence electrons. The molecule has 1 aromatic rings. The normalized spacial score (nSPS) is 29.4. The molecule has 0 unspecified atom stereocenters. The number of esters is 1. The van der Waals surface area contributed by atoms with Crippen molar-refractivity contribution in [3.63, 3.8) is 0 Å². The Balaban J connectivity index is 1.75. The van der Waals surface area contributed by atoms with Crippen molar-refractivity contribution in [2.75, 3.05) is 6.54 Å². The maximum absolute atomic E-state index is 13.0. The smallest absolute Gasteiger partial charge is 0.329 e. The number of likely N-dealkylation sites (tertiary alicyclic amines) is 1. The molecule has 1 aromatic carbocycles. The van der Waals surface area contributed by atoms with Gasteiger partial charge in [-0.3, -0.25) is 4.79 Å². The molecule has 0 spiro atoms. The Bertz CT molecular complexity index is 698. The molecule has 1 aliphatic carbocycles. The van der Waals surface area contributed by atoms with E-state index in [0.717, 1.165) is 19.3 Å². The zero-order valence-corrected chi connectivity index (χ0v) is 16.8. The number of carbonyl (C=O) groups is 2. The lowest BCUT2D eigenvalue weighted by Gasteiger charge is -2.49. The van der Waals surface area contributed by atoms with Gasteiger partial charge in [-0.25, -0.2) is 4.79 Å². The molecule has 0 aromatic heterocycles. The van der Waals surface area contributed by atoms with Crippen LogP contribution in [-0.2, 0) is 9.53 Å². The number of nitrogens with zero attached hydrogens (tertiary/aromatic N) is 1. The molecule has 1 saturated heterocycles. The second-order valence-electron chi connectivity index (χ2n) is 9.30. The van der Waals surface area contributed by atoms with Gasteiger partial charge in [0.15, 0.2) is 0 Å². The van der Waals surface area contributed by atoms with Crippen molar-refractivity contribution < 1.29 is 19.4 Å². The number of hydrogen-bond acceptors (Lipinski definition) is 4. The summed E-state index contributed by atoms with van der Waals surface area (Å²) in [5.41, 5.74) is -0.0102. The van der Waals surface area contributed by atoms with E-state index in [9.17, 15) is 14.7 Å². The van der Waals surface area contributed by atoms with E-state index in [0.29, 0.717) is 18.5 Å². The van der Waals surface area contributed by atoms with Crippen LogP contribution in [0.25, 0.3) is 0 Å². The number of aliphatic hydroxyl groups excluding tert-OH is 1. The van der Waals surface area contributed by atoms with Crippen LogP contribution in [0.3, 0.4) is 0 Å². The largest absolute Gasteiger partial charge is 0.457 e. The minimum Gasteiger partial charge on any atom is -0.457 e. The van der Waals surface area contributed by atoms with Gasteiger partial charge in [0, 0.05) is 17.5 Å². The Hall–Kier alpha value is -1.88. The van der Waals surface area contributed by atoms with Crippen molar-refractivity contribution in [2.24, 2.45) is 10.8 Å². The fraction of sp³-hybridized carbons (Fsp3) is 0.636. The molecule has 1 amide bonds. The molecule has 0 radical (unpaired) electrons. The molecule has 1 saturated carbocycles. The predicted molar refractivity (Wildman–Crippen MR) is 103 cm³/mol. The molecule has 1 aliphatic heterocycles. The number of ether oxygens (including phenoxy) is 1. The summed E-state index contributed by atoms with van der Waals surface area (Å²) in [6.07, 6.45) is 1.86. The summed E-state index contributed by atoms with van der Waals surface area (Å²) in [6.45, 7) is 8.63. The summed E-state index contributed by atoms with van der Waals surface area (Å²) < 4.78 is 5.87. The summed E-state index contributed by atoms with van der Waals surface area (Å²) in [7, 11) is 0. The standard InChI is InChI=1S/C22H31NO4/c1-21(2)12-13-22(3,4)18(17(21)24)27-20(26)16-11-8-14-23(16)19(25)15-9-6-5-7-10-15/h5-7,9-10,16-18,24H,8,11-14H2,1-4H3/t16-,17+,18+/m0/s1. The van der Waals surface area contributed by atoms with Crippen LogP contribution in [0.4, 0.5) is 0 Å². The molecule has 3 atom stereocenters. The number of rotatable bonds is 3. The second-order valence-corrected chi connectivity index (χ2v) is 9.30. The van der Waals surface area contributed by atoms with Crippen molar-refractivity contribution >= 4 is 11.9 Å². The minimum absolute atomic E-state index is 0.140. The lowest BCUT2D eigenvalue weighted by Crippen LogP contribution is -2.55. The molecule has 5 nitrogen and oxygen atoms in total. The fourth-order valence-electron chi connectivity index (χ4n) is 4.20. The zero-order chi connectivity index (χ0) is 19.8. The predicted octanol–water partition coefficient (Wildman–Crippen LogP) is 3.41. The van der Waals surface area contributed by atoms with Crippen LogP contribution in [-0.4, -0.2) is 46.7 Å². The van der Waals surface area contributed by atoms with Crippen molar-refractivity contribution in [2.45, 2.75) is 71.6 Å². The second kappa shape index (κ2) is 7.27. The van der Waals surface area contributed by atoms with Gasteiger partial charge < -0.3 is 14.7 Å². The van der Waals surface area contributed by atoms with Gasteiger partial charge >= 0.3 is 5.97 Å². The highest BCUT2D eigenvalue weighted by molar-refractivity contribution is 5.97. The van der Waals surface area contributed by atoms with Gasteiger partial charge in [0.2, 0.25) is 0 Å². The Morgan fingerprint density at radius 1 is 1.07 bits per heavy atom. The average molecular weight is 373 g/mol. The number of carbonyl (C=O) groups excluding carboxylic acids is 2. The number of aliphatic hydroxyl groups is 1. The Morgan fingerprint density at radius 3 is 2.37 bits per heavy atom. The van der Waals surface area contributed by atoms with Gasteiger partial charge in [0.05, 0.1) is 6.10 Å². The zero-order valence-electron chi connectivity index (χ0n) is 16.8. The van der Waals surface area contributed by atoms with E-state index >= 15 is 0 Å². The monoisotopic (exact) mass is 373 g/mol. The van der Waals surface area contributed by atoms with E-state index in [1.807, 2.05) is 45.9 Å². The van der Waals surface area contributed by atoms with Crippen LogP contribution in [0.2, 0.25) is 0 Å². The van der Waals surface area contributed by atoms with Gasteiger partial charge in [0.1, 0.15) is 12.1 Å². The van der Waals surface area contributed by atoms with E-state index in [-0.39, 0.29) is 16.7 Å². The highest BCUT2D eigenvalue weighted by atomic mass is 16.6. The van der Waals surface area contributed by atoms with E-state index in [1.54, 1.807) is 17.0 Å². The molecule has 27 heavy (non-hydrogen) atoms. The maximum atomic E-state index is 13.0. The molecule has 3 rings (SSSR count). The summed E-state index contributed by atoms with van der Waals surface area (Å²) in [5, 5.41) is 10.8. The van der Waals surface area contributed by atoms with Gasteiger partial charge in [0.25, 0.3) is 5.91 Å². The van der Waals surface area contributed by atoms with Crippen LogP contribution >= 0.6 is 0 Å². The molecule has 2 fully saturated rings.